The monoisotopic (exact) mass is 587 g/mol. The average Bonchev–Trinajstić information content (AvgIpc) is 3.05. The maximum absolute atomic E-state index is 8.35. The summed E-state index contributed by atoms with van der Waals surface area (Å²) in [5, 5.41) is 29.6. The van der Waals surface area contributed by atoms with E-state index < -0.39 is 0 Å². The second-order valence-corrected chi connectivity index (χ2v) is 7.52. The van der Waals surface area contributed by atoms with Crippen molar-refractivity contribution in [3.63, 3.8) is 0 Å². The molecule has 0 spiro atoms. The van der Waals surface area contributed by atoms with Crippen molar-refractivity contribution in [3.05, 3.63) is 156 Å². The zero-order chi connectivity index (χ0) is 33.3. The molecule has 10 heteroatoms. The first-order valence-electron chi connectivity index (χ1n) is 12.3. The maximum atomic E-state index is 8.35. The summed E-state index contributed by atoms with van der Waals surface area (Å²) in [5.74, 6) is 0.309. The van der Waals surface area contributed by atoms with Gasteiger partial charge in [0.15, 0.2) is 0 Å². The lowest BCUT2D eigenvalue weighted by molar-refractivity contribution is 0.562. The molecule has 5 N–H and O–H groups in total. The summed E-state index contributed by atoms with van der Waals surface area (Å²) in [6.07, 6.45) is 3.75. The van der Waals surface area contributed by atoms with Crippen molar-refractivity contribution in [3.8, 4) is 0 Å². The molecule has 0 atom stereocenters. The normalized spacial score (nSPS) is 7.75. The average molecular weight is 588 g/mol. The third-order valence-electron chi connectivity index (χ3n) is 5.06. The molecule has 0 aliphatic rings. The molecule has 0 heterocycles. The van der Waals surface area contributed by atoms with Gasteiger partial charge in [0.2, 0.25) is 30.4 Å². The second kappa shape index (κ2) is 29.2. The molecule has 0 fully saturated rings. The zero-order valence-electron chi connectivity index (χ0n) is 23.4. The van der Waals surface area contributed by atoms with Gasteiger partial charge < -0.3 is 0 Å². The van der Waals surface area contributed by atoms with Gasteiger partial charge in [-0.1, -0.05) is 140 Å². The Balaban J connectivity index is 0. The molecule has 0 aromatic heterocycles. The van der Waals surface area contributed by atoms with Crippen LogP contribution >= 0.6 is 0 Å². The first-order valence-corrected chi connectivity index (χ1v) is 12.3. The molecule has 44 heavy (non-hydrogen) atoms. The van der Waals surface area contributed by atoms with Gasteiger partial charge in [0.1, 0.15) is 0 Å². The summed E-state index contributed by atoms with van der Waals surface area (Å²) in [5.41, 5.74) is 4.00. The fourth-order valence-electron chi connectivity index (χ4n) is 3.65. The third-order valence-corrected chi connectivity index (χ3v) is 5.06. The van der Waals surface area contributed by atoms with Gasteiger partial charge in [-0.25, -0.2) is 51.0 Å². The van der Waals surface area contributed by atoms with E-state index in [0.717, 1.165) is 30.4 Å². The van der Waals surface area contributed by atoms with Gasteiger partial charge in [0, 0.05) is 5.92 Å². The number of isocyanates is 5. The smallest absolute Gasteiger partial charge is 0.222 e. The van der Waals surface area contributed by atoms with Crippen LogP contribution in [0.5, 0.6) is 0 Å². The summed E-state index contributed by atoms with van der Waals surface area (Å²) in [4.78, 5) is 41.7. The van der Waals surface area contributed by atoms with Gasteiger partial charge >= 0.3 is 0 Å². The highest BCUT2D eigenvalue weighted by atomic mass is 16.1. The molecule has 0 bridgehead atoms. The van der Waals surface area contributed by atoms with Gasteiger partial charge in [-0.05, 0) is 27.5 Å². The van der Waals surface area contributed by atoms with Crippen LogP contribution in [0.1, 0.15) is 22.6 Å². The minimum Gasteiger partial charge on any atom is -0.222 e. The van der Waals surface area contributed by atoms with Crippen LogP contribution < -0.4 is 0 Å². The van der Waals surface area contributed by atoms with E-state index in [9.17, 15) is 0 Å². The Morgan fingerprint density at radius 2 is 0.477 bits per heavy atom. The Labute approximate surface area is 254 Å². The van der Waals surface area contributed by atoms with Crippen LogP contribution in [0.3, 0.4) is 0 Å². The summed E-state index contributed by atoms with van der Waals surface area (Å²) < 4.78 is 0. The van der Waals surface area contributed by atoms with E-state index in [1.165, 1.54) is 27.5 Å². The number of hydrogen-bond donors (Lipinski definition) is 5. The highest BCUT2D eigenvalue weighted by Gasteiger charge is 2.15. The van der Waals surface area contributed by atoms with Gasteiger partial charge in [-0.2, -0.15) is 0 Å². The van der Waals surface area contributed by atoms with E-state index in [0.29, 0.717) is 5.92 Å². The predicted molar refractivity (Wildman–Crippen MR) is 166 cm³/mol. The lowest BCUT2D eigenvalue weighted by atomic mass is 9.85. The van der Waals surface area contributed by atoms with Crippen LogP contribution in [0.15, 0.2) is 140 Å². The molecule has 5 aromatic rings. The number of rotatable bonds is 3. The first-order chi connectivity index (χ1) is 21.5. The number of benzene rings is 5. The molecule has 0 aliphatic heterocycles. The molecule has 5 aromatic carbocycles. The Morgan fingerprint density at radius 3 is 0.659 bits per heavy atom. The lowest BCUT2D eigenvalue weighted by Crippen LogP contribution is -2.02. The minimum atomic E-state index is 0.309. The first kappa shape index (κ1) is 39.4. The molecule has 0 unspecified atom stereocenters. The van der Waals surface area contributed by atoms with E-state index in [2.05, 4.69) is 140 Å². The van der Waals surface area contributed by atoms with Crippen molar-refractivity contribution in [2.45, 2.75) is 5.92 Å². The largest absolute Gasteiger partial charge is 0.231 e. The van der Waals surface area contributed by atoms with E-state index in [1.807, 2.05) is 0 Å². The van der Waals surface area contributed by atoms with Crippen molar-refractivity contribution in [2.75, 3.05) is 0 Å². The quantitative estimate of drug-likeness (QED) is 0.0840. The second-order valence-electron chi connectivity index (χ2n) is 7.52. The van der Waals surface area contributed by atoms with Crippen molar-refractivity contribution >= 4 is 41.2 Å². The standard InChI is InChI=1S/C19H16.C10H8.5CHNO/c1-4-10-16(11-5-1)19(17-12-6-2-7-13-17)18-14-8-3-9-15-18;1-2-6-10-8-4-3-7-9(10)5-1;5*2-1-3/h1-15,19H;1-8H;5*2H. The molecule has 0 saturated carbocycles. The van der Waals surface area contributed by atoms with Crippen LogP contribution in [-0.2, 0) is 24.0 Å². The van der Waals surface area contributed by atoms with Gasteiger partial charge in [0.25, 0.3) is 0 Å². The van der Waals surface area contributed by atoms with E-state index in [-0.39, 0.29) is 0 Å². The number of nitrogens with one attached hydrogen (secondary N) is 5. The minimum absolute atomic E-state index is 0.309. The topological polar surface area (TPSA) is 205 Å². The third kappa shape index (κ3) is 18.5. The number of hydrogen-bond acceptors (Lipinski definition) is 10. The summed E-state index contributed by atoms with van der Waals surface area (Å²) in [7, 11) is 0. The zero-order valence-corrected chi connectivity index (χ0v) is 23.4. The Morgan fingerprint density at radius 1 is 0.318 bits per heavy atom. The van der Waals surface area contributed by atoms with Crippen LogP contribution in [0.2, 0.25) is 0 Å². The molecule has 0 saturated heterocycles. The predicted octanol–water partition coefficient (Wildman–Crippen LogP) is 7.21. The maximum Gasteiger partial charge on any atom is 0.231 e. The van der Waals surface area contributed by atoms with Crippen molar-refractivity contribution in [2.24, 2.45) is 0 Å². The van der Waals surface area contributed by atoms with E-state index >= 15 is 0 Å². The molecule has 0 aliphatic carbocycles. The van der Waals surface area contributed by atoms with Gasteiger partial charge in [-0.3, -0.25) is 0 Å². The van der Waals surface area contributed by atoms with E-state index in [4.69, 9.17) is 51.0 Å². The van der Waals surface area contributed by atoms with Crippen LogP contribution in [0, 0.1) is 27.0 Å². The van der Waals surface area contributed by atoms with E-state index in [1.54, 1.807) is 0 Å². The highest BCUT2D eigenvalue weighted by molar-refractivity contribution is 5.82. The lowest BCUT2D eigenvalue weighted by Gasteiger charge is -2.18. The van der Waals surface area contributed by atoms with Crippen LogP contribution in [0.4, 0.5) is 0 Å². The number of carbonyl (C=O) groups excluding carboxylic acids is 5. The van der Waals surface area contributed by atoms with Gasteiger partial charge in [-0.15, -0.1) is 0 Å². The fourth-order valence-corrected chi connectivity index (χ4v) is 3.65. The summed E-state index contributed by atoms with van der Waals surface area (Å²) in [6, 6.07) is 48.7. The molecular weight excluding hydrogens is 558 g/mol. The van der Waals surface area contributed by atoms with Crippen LogP contribution in [-0.4, -0.2) is 30.4 Å². The van der Waals surface area contributed by atoms with Crippen molar-refractivity contribution < 1.29 is 24.0 Å². The summed E-state index contributed by atoms with van der Waals surface area (Å²) >= 11 is 0. The molecule has 0 radical (unpaired) electrons. The Bertz CT molecular complexity index is 1390. The summed E-state index contributed by atoms with van der Waals surface area (Å²) in [6.45, 7) is 0. The molecular formula is C34H29N5O5. The Kier molecular flexibility index (Phi) is 26.2. The fraction of sp³-hybridized carbons (Fsp3) is 0.0294. The Hall–Kier alpha value is -6.74. The molecule has 10 nitrogen and oxygen atoms in total. The van der Waals surface area contributed by atoms with Crippen LogP contribution in [0.25, 0.3) is 10.8 Å². The van der Waals surface area contributed by atoms with Crippen molar-refractivity contribution in [1.82, 2.24) is 0 Å². The highest BCUT2D eigenvalue weighted by Crippen LogP contribution is 2.31. The molecule has 220 valence electrons. The van der Waals surface area contributed by atoms with Gasteiger partial charge in [0.05, 0.1) is 0 Å². The molecule has 5 rings (SSSR count). The van der Waals surface area contributed by atoms with Crippen molar-refractivity contribution in [1.29, 1.82) is 27.0 Å². The number of fused-ring (bicyclic) bond motifs is 1. The SMILES string of the molecule is N=C=O.N=C=O.N=C=O.N=C=O.N=C=O.c1ccc(C(c2ccccc2)c2ccccc2)cc1.c1ccc2ccccc2c1. The molecule has 0 amide bonds.